The van der Waals surface area contributed by atoms with Crippen LogP contribution in [-0.2, 0) is 6.42 Å². The largest absolute Gasteiger partial charge is 0.497 e. The second-order valence-corrected chi connectivity index (χ2v) is 7.00. The molecule has 3 rings (SSSR count). The summed E-state index contributed by atoms with van der Waals surface area (Å²) in [6, 6.07) is 16.2. The van der Waals surface area contributed by atoms with E-state index in [-0.39, 0.29) is 5.92 Å². The van der Waals surface area contributed by atoms with E-state index in [1.807, 2.05) is 24.3 Å². The molecule has 0 spiro atoms. The number of hydrogen-bond donors (Lipinski definition) is 1. The van der Waals surface area contributed by atoms with Crippen molar-refractivity contribution in [1.29, 1.82) is 0 Å². The summed E-state index contributed by atoms with van der Waals surface area (Å²) in [6.45, 7) is 2.16. The average molecular weight is 354 g/mol. The van der Waals surface area contributed by atoms with Gasteiger partial charge in [-0.05, 0) is 35.4 Å². The van der Waals surface area contributed by atoms with Gasteiger partial charge in [0.2, 0.25) is 0 Å². The number of benzene rings is 2. The van der Waals surface area contributed by atoms with Gasteiger partial charge in [-0.25, -0.2) is 4.98 Å². The van der Waals surface area contributed by atoms with Crippen LogP contribution in [0.15, 0.2) is 48.5 Å². The van der Waals surface area contributed by atoms with Gasteiger partial charge in [0.05, 0.1) is 19.9 Å². The van der Waals surface area contributed by atoms with E-state index in [2.05, 4.69) is 36.2 Å². The van der Waals surface area contributed by atoms with Crippen molar-refractivity contribution in [3.63, 3.8) is 0 Å². The van der Waals surface area contributed by atoms with Crippen molar-refractivity contribution in [2.75, 3.05) is 20.0 Å². The first-order valence-electron chi connectivity index (χ1n) is 8.12. The molecule has 1 atom stereocenters. The van der Waals surface area contributed by atoms with Crippen molar-refractivity contribution in [3.8, 4) is 11.5 Å². The minimum atomic E-state index is 0.167. The number of aromatic nitrogens is 1. The van der Waals surface area contributed by atoms with Crippen LogP contribution >= 0.6 is 11.3 Å². The Labute approximate surface area is 152 Å². The van der Waals surface area contributed by atoms with Gasteiger partial charge in [0.15, 0.2) is 5.13 Å². The highest BCUT2D eigenvalue weighted by Crippen LogP contribution is 2.33. The number of rotatable bonds is 6. The fraction of sp³-hybridized carbons (Fsp3) is 0.250. The quantitative estimate of drug-likeness (QED) is 0.709. The van der Waals surface area contributed by atoms with Gasteiger partial charge in [-0.1, -0.05) is 31.2 Å². The smallest absolute Gasteiger partial charge is 0.180 e. The van der Waals surface area contributed by atoms with Crippen LogP contribution in [0.2, 0.25) is 0 Å². The normalized spacial score (nSPS) is 12.0. The summed E-state index contributed by atoms with van der Waals surface area (Å²) in [4.78, 5) is 5.79. The summed E-state index contributed by atoms with van der Waals surface area (Å²) in [6.07, 6.45) is 0.794. The Morgan fingerprint density at radius 1 is 1.04 bits per heavy atom. The van der Waals surface area contributed by atoms with Gasteiger partial charge < -0.3 is 15.2 Å². The molecule has 1 aromatic heterocycles. The van der Waals surface area contributed by atoms with Crippen LogP contribution in [0.25, 0.3) is 0 Å². The van der Waals surface area contributed by atoms with Crippen LogP contribution in [0.5, 0.6) is 11.5 Å². The Morgan fingerprint density at radius 3 is 2.44 bits per heavy atom. The lowest BCUT2D eigenvalue weighted by atomic mass is 9.95. The molecule has 25 heavy (non-hydrogen) atoms. The van der Waals surface area contributed by atoms with Crippen LogP contribution in [0.1, 0.15) is 34.5 Å². The van der Waals surface area contributed by atoms with E-state index in [1.54, 1.807) is 25.6 Å². The van der Waals surface area contributed by atoms with Gasteiger partial charge >= 0.3 is 0 Å². The van der Waals surface area contributed by atoms with E-state index in [1.165, 1.54) is 16.0 Å². The maximum absolute atomic E-state index is 6.01. The molecule has 4 nitrogen and oxygen atoms in total. The molecule has 0 saturated heterocycles. The van der Waals surface area contributed by atoms with E-state index in [0.717, 1.165) is 23.6 Å². The predicted octanol–water partition coefficient (Wildman–Crippen LogP) is 4.49. The molecule has 130 valence electrons. The number of nitrogens with two attached hydrogens (primary N) is 1. The predicted molar refractivity (Wildman–Crippen MR) is 103 cm³/mol. The molecule has 0 aliphatic rings. The molecule has 1 heterocycles. The number of anilines is 1. The van der Waals surface area contributed by atoms with Gasteiger partial charge in [0, 0.05) is 17.2 Å². The van der Waals surface area contributed by atoms with Crippen molar-refractivity contribution < 1.29 is 9.47 Å². The lowest BCUT2D eigenvalue weighted by Crippen LogP contribution is -2.01. The standard InChI is InChI=1S/C20H22N2O2S/c1-13(15-7-9-16(23-2)10-8-15)19-18(25-20(21)22-19)12-14-5-4-6-17(11-14)24-3/h4-11,13H,12H2,1-3H3,(H2,21,22). The molecule has 2 aromatic carbocycles. The summed E-state index contributed by atoms with van der Waals surface area (Å²) < 4.78 is 10.6. The van der Waals surface area contributed by atoms with E-state index in [9.17, 15) is 0 Å². The Morgan fingerprint density at radius 2 is 1.76 bits per heavy atom. The summed E-state index contributed by atoms with van der Waals surface area (Å²) in [7, 11) is 3.35. The van der Waals surface area contributed by atoms with Gasteiger partial charge in [-0.15, -0.1) is 11.3 Å². The van der Waals surface area contributed by atoms with Crippen LogP contribution in [0, 0.1) is 0 Å². The average Bonchev–Trinajstić information content (AvgIpc) is 3.01. The molecule has 0 aliphatic carbocycles. The molecule has 1 unspecified atom stereocenters. The minimum Gasteiger partial charge on any atom is -0.497 e. The van der Waals surface area contributed by atoms with E-state index >= 15 is 0 Å². The second kappa shape index (κ2) is 7.57. The van der Waals surface area contributed by atoms with Gasteiger partial charge in [-0.3, -0.25) is 0 Å². The Hall–Kier alpha value is -2.53. The first-order valence-corrected chi connectivity index (χ1v) is 8.94. The fourth-order valence-electron chi connectivity index (χ4n) is 2.87. The number of thiazole rings is 1. The van der Waals surface area contributed by atoms with Crippen molar-refractivity contribution in [2.45, 2.75) is 19.3 Å². The van der Waals surface area contributed by atoms with Crippen molar-refractivity contribution in [2.24, 2.45) is 0 Å². The van der Waals surface area contributed by atoms with Crippen LogP contribution in [-0.4, -0.2) is 19.2 Å². The third-order valence-corrected chi connectivity index (χ3v) is 5.17. The van der Waals surface area contributed by atoms with E-state index in [4.69, 9.17) is 15.2 Å². The lowest BCUT2D eigenvalue weighted by molar-refractivity contribution is 0.414. The topological polar surface area (TPSA) is 57.4 Å². The third kappa shape index (κ3) is 3.94. The highest BCUT2D eigenvalue weighted by molar-refractivity contribution is 7.15. The molecule has 0 saturated carbocycles. The van der Waals surface area contributed by atoms with Crippen LogP contribution in [0.3, 0.4) is 0 Å². The zero-order valence-corrected chi connectivity index (χ0v) is 15.5. The van der Waals surface area contributed by atoms with Gasteiger partial charge in [-0.2, -0.15) is 0 Å². The summed E-state index contributed by atoms with van der Waals surface area (Å²) >= 11 is 1.55. The zero-order valence-electron chi connectivity index (χ0n) is 14.7. The maximum Gasteiger partial charge on any atom is 0.180 e. The number of ether oxygens (including phenoxy) is 2. The van der Waals surface area contributed by atoms with Crippen molar-refractivity contribution >= 4 is 16.5 Å². The minimum absolute atomic E-state index is 0.167. The van der Waals surface area contributed by atoms with Crippen molar-refractivity contribution in [3.05, 3.63) is 70.2 Å². The van der Waals surface area contributed by atoms with Crippen molar-refractivity contribution in [1.82, 2.24) is 4.98 Å². The first kappa shape index (κ1) is 17.3. The Balaban J connectivity index is 1.88. The fourth-order valence-corrected chi connectivity index (χ4v) is 3.83. The molecule has 3 aromatic rings. The number of methoxy groups -OCH3 is 2. The zero-order chi connectivity index (χ0) is 17.8. The van der Waals surface area contributed by atoms with Crippen LogP contribution < -0.4 is 15.2 Å². The summed E-state index contributed by atoms with van der Waals surface area (Å²) in [5.41, 5.74) is 9.43. The first-order chi connectivity index (χ1) is 12.1. The monoisotopic (exact) mass is 354 g/mol. The Kier molecular flexibility index (Phi) is 5.24. The molecule has 0 bridgehead atoms. The van der Waals surface area contributed by atoms with Crippen LogP contribution in [0.4, 0.5) is 5.13 Å². The summed E-state index contributed by atoms with van der Waals surface area (Å²) in [5.74, 6) is 1.88. The number of nitrogen functional groups attached to an aromatic ring is 1. The summed E-state index contributed by atoms with van der Waals surface area (Å²) in [5, 5.41) is 0.605. The third-order valence-electron chi connectivity index (χ3n) is 4.27. The van der Waals surface area contributed by atoms with Gasteiger partial charge in [0.1, 0.15) is 11.5 Å². The SMILES string of the molecule is COc1ccc(C(C)c2nc(N)sc2Cc2cccc(OC)c2)cc1. The molecular weight excluding hydrogens is 332 g/mol. The number of hydrogen-bond acceptors (Lipinski definition) is 5. The molecule has 2 N–H and O–H groups in total. The maximum atomic E-state index is 6.01. The van der Waals surface area contributed by atoms with E-state index < -0.39 is 0 Å². The lowest BCUT2D eigenvalue weighted by Gasteiger charge is -2.13. The molecule has 0 radical (unpaired) electrons. The van der Waals surface area contributed by atoms with E-state index in [0.29, 0.717) is 5.13 Å². The number of nitrogens with zero attached hydrogens (tertiary/aromatic N) is 1. The van der Waals surface area contributed by atoms with Gasteiger partial charge in [0.25, 0.3) is 0 Å². The Bertz CT molecular complexity index is 843. The molecule has 5 heteroatoms. The molecule has 0 amide bonds. The molecular formula is C20H22N2O2S. The second-order valence-electron chi connectivity index (χ2n) is 5.88. The highest BCUT2D eigenvalue weighted by atomic mass is 32.1. The molecule has 0 aliphatic heterocycles. The molecule has 0 fully saturated rings. The highest BCUT2D eigenvalue weighted by Gasteiger charge is 2.18.